The molecule has 4 aromatic rings. The summed E-state index contributed by atoms with van der Waals surface area (Å²) in [6, 6.07) is 16.8. The van der Waals surface area contributed by atoms with Gasteiger partial charge in [-0.3, -0.25) is 14.5 Å². The average molecular weight is 454 g/mol. The van der Waals surface area contributed by atoms with E-state index in [2.05, 4.69) is 11.6 Å². The number of nitrogens with zero attached hydrogens (tertiary/aromatic N) is 2. The Morgan fingerprint density at radius 3 is 2.65 bits per heavy atom. The fourth-order valence-corrected chi connectivity index (χ4v) is 4.20. The highest BCUT2D eigenvalue weighted by molar-refractivity contribution is 6.10. The third kappa shape index (κ3) is 3.51. The second-order valence-corrected chi connectivity index (χ2v) is 7.67. The first-order chi connectivity index (χ1) is 16.6. The molecule has 1 aliphatic rings. The quantitative estimate of drug-likeness (QED) is 0.370. The molecule has 2 aromatic heterocycles. The first-order valence-electron chi connectivity index (χ1n) is 10.9. The van der Waals surface area contributed by atoms with Crippen molar-refractivity contribution in [3.63, 3.8) is 0 Å². The van der Waals surface area contributed by atoms with E-state index < -0.39 is 11.9 Å². The zero-order valence-corrected chi connectivity index (χ0v) is 18.6. The van der Waals surface area contributed by atoms with Crippen LogP contribution in [0, 0.1) is 0 Å². The third-order valence-corrected chi connectivity index (χ3v) is 5.61. The molecule has 2 aromatic carbocycles. The lowest BCUT2D eigenvalue weighted by Crippen LogP contribution is -2.30. The number of fused-ring (bicyclic) bond motifs is 2. The van der Waals surface area contributed by atoms with Crippen molar-refractivity contribution in [3.05, 3.63) is 107 Å². The number of pyridine rings is 1. The number of ether oxygens (including phenoxy) is 2. The van der Waals surface area contributed by atoms with Crippen LogP contribution >= 0.6 is 0 Å². The molecule has 7 nitrogen and oxygen atoms in total. The molecule has 1 aliphatic heterocycles. The van der Waals surface area contributed by atoms with Crippen molar-refractivity contribution >= 4 is 22.7 Å². The Labute approximate surface area is 195 Å². The first-order valence-corrected chi connectivity index (χ1v) is 10.9. The summed E-state index contributed by atoms with van der Waals surface area (Å²) in [5.41, 5.74) is 1.06. The minimum absolute atomic E-state index is 0.0179. The molecule has 1 amide bonds. The van der Waals surface area contributed by atoms with Gasteiger partial charge in [0.1, 0.15) is 18.0 Å². The molecule has 1 atom stereocenters. The number of para-hydroxylation sites is 1. The Balaban J connectivity index is 1.74. The Hall–Kier alpha value is -4.39. The van der Waals surface area contributed by atoms with E-state index in [1.165, 1.54) is 4.90 Å². The molecule has 3 heterocycles. The van der Waals surface area contributed by atoms with Gasteiger partial charge in [-0.2, -0.15) is 0 Å². The maximum Gasteiger partial charge on any atom is 0.296 e. The molecule has 0 radical (unpaired) electrons. The molecule has 34 heavy (non-hydrogen) atoms. The van der Waals surface area contributed by atoms with Gasteiger partial charge in [0.2, 0.25) is 5.76 Å². The summed E-state index contributed by atoms with van der Waals surface area (Å²) in [4.78, 5) is 33.1. The van der Waals surface area contributed by atoms with E-state index in [1.54, 1.807) is 66.9 Å². The molecule has 0 unspecified atom stereocenters. The van der Waals surface area contributed by atoms with Crippen molar-refractivity contribution in [1.82, 2.24) is 4.98 Å². The van der Waals surface area contributed by atoms with Crippen molar-refractivity contribution in [3.8, 4) is 11.5 Å². The molecule has 5 rings (SSSR count). The summed E-state index contributed by atoms with van der Waals surface area (Å²) >= 11 is 0. The summed E-state index contributed by atoms with van der Waals surface area (Å²) < 4.78 is 17.5. The van der Waals surface area contributed by atoms with E-state index in [-0.39, 0.29) is 16.8 Å². The van der Waals surface area contributed by atoms with Crippen LogP contribution in [0.25, 0.3) is 11.0 Å². The molecule has 0 saturated heterocycles. The molecule has 170 valence electrons. The number of rotatable bonds is 7. The highest BCUT2D eigenvalue weighted by Crippen LogP contribution is 2.42. The lowest BCUT2D eigenvalue weighted by atomic mass is 9.98. The second-order valence-electron chi connectivity index (χ2n) is 7.67. The van der Waals surface area contributed by atoms with Crippen LogP contribution in [-0.2, 0) is 0 Å². The van der Waals surface area contributed by atoms with E-state index >= 15 is 0 Å². The predicted molar refractivity (Wildman–Crippen MR) is 129 cm³/mol. The van der Waals surface area contributed by atoms with Crippen molar-refractivity contribution in [2.45, 2.75) is 13.0 Å². The number of hydrogen-bond donors (Lipinski definition) is 0. The van der Waals surface area contributed by atoms with Crippen LogP contribution in [0.15, 0.2) is 88.7 Å². The number of carbonyl (C=O) groups excluding carboxylic acids is 1. The molecule has 0 fully saturated rings. The summed E-state index contributed by atoms with van der Waals surface area (Å²) in [5.74, 6) is 1.06. The molecule has 0 spiro atoms. The largest absolute Gasteiger partial charge is 0.490 e. The summed E-state index contributed by atoms with van der Waals surface area (Å²) in [7, 11) is 0. The van der Waals surface area contributed by atoms with Crippen LogP contribution in [0.3, 0.4) is 0 Å². The molecule has 0 aliphatic carbocycles. The topological polar surface area (TPSA) is 81.9 Å². The third-order valence-electron chi connectivity index (χ3n) is 5.61. The number of anilines is 1. The fraction of sp³-hybridized carbons (Fsp3) is 0.148. The lowest BCUT2D eigenvalue weighted by molar-refractivity contribution is 0.0970. The lowest BCUT2D eigenvalue weighted by Gasteiger charge is -2.25. The van der Waals surface area contributed by atoms with Crippen LogP contribution in [0.2, 0.25) is 0 Å². The molecule has 0 N–H and O–H groups in total. The van der Waals surface area contributed by atoms with Crippen LogP contribution < -0.4 is 19.8 Å². The van der Waals surface area contributed by atoms with E-state index in [1.807, 2.05) is 13.0 Å². The highest BCUT2D eigenvalue weighted by Gasteiger charge is 2.44. The van der Waals surface area contributed by atoms with Gasteiger partial charge < -0.3 is 13.9 Å². The summed E-state index contributed by atoms with van der Waals surface area (Å²) in [5, 5.41) is 0.415. The minimum Gasteiger partial charge on any atom is -0.490 e. The van der Waals surface area contributed by atoms with Crippen LogP contribution in [0.5, 0.6) is 11.5 Å². The second kappa shape index (κ2) is 8.86. The van der Waals surface area contributed by atoms with Crippen molar-refractivity contribution in [1.29, 1.82) is 0 Å². The van der Waals surface area contributed by atoms with Gasteiger partial charge >= 0.3 is 0 Å². The van der Waals surface area contributed by atoms with Gasteiger partial charge in [-0.25, -0.2) is 4.98 Å². The smallest absolute Gasteiger partial charge is 0.296 e. The average Bonchev–Trinajstić information content (AvgIpc) is 3.16. The number of benzene rings is 2. The molecular weight excluding hydrogens is 432 g/mol. The van der Waals surface area contributed by atoms with Gasteiger partial charge in [0.15, 0.2) is 16.9 Å². The van der Waals surface area contributed by atoms with Crippen molar-refractivity contribution < 1.29 is 18.7 Å². The van der Waals surface area contributed by atoms with E-state index in [0.29, 0.717) is 47.1 Å². The number of carbonyl (C=O) groups is 1. The SMILES string of the molecule is C=CCOc1ccc([C@H]2c3c(oc4ccccc4c3=O)C(=O)N2c2ccccn2)cc1OCC. The fourth-order valence-electron chi connectivity index (χ4n) is 4.20. The Bertz CT molecular complexity index is 1440. The number of aromatic nitrogens is 1. The van der Waals surface area contributed by atoms with Crippen LogP contribution in [-0.4, -0.2) is 24.1 Å². The monoisotopic (exact) mass is 454 g/mol. The van der Waals surface area contributed by atoms with E-state index in [4.69, 9.17) is 13.9 Å². The predicted octanol–water partition coefficient (Wildman–Crippen LogP) is 4.90. The van der Waals surface area contributed by atoms with E-state index in [9.17, 15) is 9.59 Å². The molecule has 7 heteroatoms. The Kier molecular flexibility index (Phi) is 5.59. The minimum atomic E-state index is -0.745. The van der Waals surface area contributed by atoms with Gasteiger partial charge in [-0.1, -0.05) is 36.9 Å². The van der Waals surface area contributed by atoms with Gasteiger partial charge in [0.25, 0.3) is 5.91 Å². The van der Waals surface area contributed by atoms with Crippen molar-refractivity contribution in [2.75, 3.05) is 18.1 Å². The Morgan fingerprint density at radius 2 is 1.88 bits per heavy atom. The first kappa shape index (κ1) is 21.5. The maximum absolute atomic E-state index is 13.6. The highest BCUT2D eigenvalue weighted by atomic mass is 16.5. The molecule has 0 saturated carbocycles. The number of hydrogen-bond acceptors (Lipinski definition) is 6. The van der Waals surface area contributed by atoms with Crippen molar-refractivity contribution in [2.24, 2.45) is 0 Å². The van der Waals surface area contributed by atoms with Crippen LogP contribution in [0.4, 0.5) is 5.82 Å². The molecule has 0 bridgehead atoms. The zero-order chi connectivity index (χ0) is 23.7. The van der Waals surface area contributed by atoms with Gasteiger partial charge in [-0.15, -0.1) is 0 Å². The van der Waals surface area contributed by atoms with Gasteiger partial charge in [0.05, 0.1) is 23.6 Å². The summed E-state index contributed by atoms with van der Waals surface area (Å²) in [6.07, 6.45) is 3.25. The zero-order valence-electron chi connectivity index (χ0n) is 18.6. The van der Waals surface area contributed by atoms with Gasteiger partial charge in [0, 0.05) is 6.20 Å². The maximum atomic E-state index is 13.6. The Morgan fingerprint density at radius 1 is 1.06 bits per heavy atom. The normalized spacial score (nSPS) is 14.8. The van der Waals surface area contributed by atoms with Gasteiger partial charge in [-0.05, 0) is 48.9 Å². The number of amides is 1. The molecular formula is C27H22N2O5. The van der Waals surface area contributed by atoms with E-state index in [0.717, 1.165) is 0 Å². The van der Waals surface area contributed by atoms with Crippen LogP contribution in [0.1, 0.15) is 34.6 Å². The standard InChI is InChI=1S/C27H22N2O5/c1-3-15-33-20-13-12-17(16-21(20)32-4-2)24-23-25(30)18-9-5-6-10-19(18)34-26(23)27(31)29(24)22-11-7-8-14-28-22/h3,5-14,16,24H,1,4,15H2,2H3/t24-/m0/s1. The summed E-state index contributed by atoms with van der Waals surface area (Å²) in [6.45, 7) is 6.30.